The standard InChI is InChI=1S/C18H16O3S/c1-3-20-18(19)13-10-16(15-8-9-22-17(15)11-13)21-14-6-4-12(2)5-7-14/h4-11H,3H2,1-2H3. The molecule has 22 heavy (non-hydrogen) atoms. The molecule has 0 amide bonds. The number of thiophene rings is 1. The normalized spacial score (nSPS) is 10.6. The van der Waals surface area contributed by atoms with Crippen molar-refractivity contribution in [3.05, 3.63) is 59.0 Å². The fraction of sp³-hybridized carbons (Fsp3) is 0.167. The molecule has 112 valence electrons. The summed E-state index contributed by atoms with van der Waals surface area (Å²) in [4.78, 5) is 12.0. The highest BCUT2D eigenvalue weighted by Gasteiger charge is 2.13. The minimum absolute atomic E-state index is 0.327. The first kappa shape index (κ1) is 14.6. The van der Waals surface area contributed by atoms with Crippen molar-refractivity contribution in [1.82, 2.24) is 0 Å². The van der Waals surface area contributed by atoms with Crippen LogP contribution in [0.25, 0.3) is 10.1 Å². The molecule has 1 heterocycles. The van der Waals surface area contributed by atoms with Gasteiger partial charge in [0.15, 0.2) is 0 Å². The molecule has 0 spiro atoms. The Morgan fingerprint density at radius 2 is 1.91 bits per heavy atom. The average molecular weight is 312 g/mol. The molecule has 1 aromatic heterocycles. The van der Waals surface area contributed by atoms with Gasteiger partial charge in [0.2, 0.25) is 0 Å². The molecule has 0 saturated heterocycles. The van der Waals surface area contributed by atoms with Gasteiger partial charge >= 0.3 is 5.97 Å². The fourth-order valence-electron chi connectivity index (χ4n) is 2.19. The molecule has 0 saturated carbocycles. The first-order valence-corrected chi connectivity index (χ1v) is 7.98. The third-order valence-electron chi connectivity index (χ3n) is 3.29. The molecule has 0 aliphatic heterocycles. The zero-order chi connectivity index (χ0) is 15.5. The maximum Gasteiger partial charge on any atom is 0.338 e. The maximum atomic E-state index is 12.0. The number of esters is 1. The molecule has 2 aromatic carbocycles. The summed E-state index contributed by atoms with van der Waals surface area (Å²) in [6.07, 6.45) is 0. The number of carbonyl (C=O) groups excluding carboxylic acids is 1. The molecule has 0 N–H and O–H groups in total. The van der Waals surface area contributed by atoms with Gasteiger partial charge in [-0.05, 0) is 49.6 Å². The number of ether oxygens (including phenoxy) is 2. The van der Waals surface area contributed by atoms with Gasteiger partial charge in [-0.1, -0.05) is 17.7 Å². The summed E-state index contributed by atoms with van der Waals surface area (Å²) in [6.45, 7) is 4.18. The largest absolute Gasteiger partial charge is 0.462 e. The summed E-state index contributed by atoms with van der Waals surface area (Å²) >= 11 is 1.58. The summed E-state index contributed by atoms with van der Waals surface area (Å²) in [6, 6.07) is 13.4. The van der Waals surface area contributed by atoms with Crippen molar-refractivity contribution in [3.63, 3.8) is 0 Å². The Morgan fingerprint density at radius 1 is 1.14 bits per heavy atom. The predicted octanol–water partition coefficient (Wildman–Crippen LogP) is 5.18. The zero-order valence-corrected chi connectivity index (χ0v) is 13.3. The molecule has 3 rings (SSSR count). The SMILES string of the molecule is CCOC(=O)c1cc(Oc2ccc(C)cc2)c2ccsc2c1. The molecule has 0 unspecified atom stereocenters. The Kier molecular flexibility index (Phi) is 4.11. The number of rotatable bonds is 4. The van der Waals surface area contributed by atoms with E-state index in [1.807, 2.05) is 48.7 Å². The van der Waals surface area contributed by atoms with Crippen LogP contribution in [0.15, 0.2) is 47.8 Å². The molecule has 0 bridgehead atoms. The van der Waals surface area contributed by atoms with Gasteiger partial charge in [-0.2, -0.15) is 0 Å². The van der Waals surface area contributed by atoms with Crippen LogP contribution in [0.4, 0.5) is 0 Å². The van der Waals surface area contributed by atoms with E-state index < -0.39 is 0 Å². The van der Waals surface area contributed by atoms with Gasteiger partial charge in [0.25, 0.3) is 0 Å². The van der Waals surface area contributed by atoms with Crippen molar-refractivity contribution in [3.8, 4) is 11.5 Å². The molecule has 4 heteroatoms. The molecule has 0 aliphatic rings. The minimum atomic E-state index is -0.327. The summed E-state index contributed by atoms with van der Waals surface area (Å²) in [7, 11) is 0. The van der Waals surface area contributed by atoms with Crippen LogP contribution in [0.1, 0.15) is 22.8 Å². The van der Waals surface area contributed by atoms with Crippen LogP contribution >= 0.6 is 11.3 Å². The van der Waals surface area contributed by atoms with Gasteiger partial charge < -0.3 is 9.47 Å². The lowest BCUT2D eigenvalue weighted by Gasteiger charge is -2.10. The van der Waals surface area contributed by atoms with Crippen molar-refractivity contribution in [2.45, 2.75) is 13.8 Å². The van der Waals surface area contributed by atoms with Crippen LogP contribution in [0.2, 0.25) is 0 Å². The van der Waals surface area contributed by atoms with E-state index in [1.165, 1.54) is 5.56 Å². The van der Waals surface area contributed by atoms with Crippen LogP contribution < -0.4 is 4.74 Å². The number of carbonyl (C=O) groups is 1. The Hall–Kier alpha value is -2.33. The average Bonchev–Trinajstić information content (AvgIpc) is 2.98. The maximum absolute atomic E-state index is 12.0. The first-order chi connectivity index (χ1) is 10.7. The Labute approximate surface area is 133 Å². The van der Waals surface area contributed by atoms with E-state index >= 15 is 0 Å². The van der Waals surface area contributed by atoms with Gasteiger partial charge in [-0.15, -0.1) is 11.3 Å². The van der Waals surface area contributed by atoms with Crippen molar-refractivity contribution < 1.29 is 14.3 Å². The minimum Gasteiger partial charge on any atom is -0.462 e. The van der Waals surface area contributed by atoms with E-state index in [-0.39, 0.29) is 5.97 Å². The third kappa shape index (κ3) is 2.97. The summed E-state index contributed by atoms with van der Waals surface area (Å²) in [5.74, 6) is 1.09. The van der Waals surface area contributed by atoms with Crippen LogP contribution in [0.5, 0.6) is 11.5 Å². The van der Waals surface area contributed by atoms with Crippen LogP contribution in [-0.2, 0) is 4.74 Å². The Morgan fingerprint density at radius 3 is 2.64 bits per heavy atom. The topological polar surface area (TPSA) is 35.5 Å². The second-order valence-corrected chi connectivity index (χ2v) is 5.89. The van der Waals surface area contributed by atoms with Gasteiger partial charge in [-0.25, -0.2) is 4.79 Å². The molecular formula is C18H16O3S. The van der Waals surface area contributed by atoms with Gasteiger partial charge in [0, 0.05) is 10.1 Å². The molecule has 0 fully saturated rings. The predicted molar refractivity (Wildman–Crippen MR) is 89.0 cm³/mol. The summed E-state index contributed by atoms with van der Waals surface area (Å²) in [5.41, 5.74) is 1.69. The van der Waals surface area contributed by atoms with Crippen LogP contribution in [0, 0.1) is 6.92 Å². The molecule has 3 nitrogen and oxygen atoms in total. The van der Waals surface area contributed by atoms with E-state index in [0.29, 0.717) is 17.9 Å². The van der Waals surface area contributed by atoms with E-state index in [0.717, 1.165) is 15.8 Å². The molecule has 0 radical (unpaired) electrons. The Balaban J connectivity index is 2.01. The lowest BCUT2D eigenvalue weighted by Crippen LogP contribution is -2.04. The number of hydrogen-bond donors (Lipinski definition) is 0. The Bertz CT molecular complexity index is 803. The van der Waals surface area contributed by atoms with E-state index in [4.69, 9.17) is 9.47 Å². The molecular weight excluding hydrogens is 296 g/mol. The number of benzene rings is 2. The van der Waals surface area contributed by atoms with E-state index in [2.05, 4.69) is 0 Å². The highest BCUT2D eigenvalue weighted by atomic mass is 32.1. The second-order valence-electron chi connectivity index (χ2n) is 4.94. The molecule has 3 aromatic rings. The molecule has 0 atom stereocenters. The van der Waals surface area contributed by atoms with Gasteiger partial charge in [0.05, 0.1) is 12.2 Å². The number of fused-ring (bicyclic) bond motifs is 1. The quantitative estimate of drug-likeness (QED) is 0.623. The lowest BCUT2D eigenvalue weighted by atomic mass is 10.1. The number of aryl methyl sites for hydroxylation is 1. The van der Waals surface area contributed by atoms with Gasteiger partial charge in [-0.3, -0.25) is 0 Å². The van der Waals surface area contributed by atoms with Crippen LogP contribution in [0.3, 0.4) is 0 Å². The van der Waals surface area contributed by atoms with Crippen molar-refractivity contribution in [2.75, 3.05) is 6.61 Å². The van der Waals surface area contributed by atoms with E-state index in [1.54, 1.807) is 24.3 Å². The highest BCUT2D eigenvalue weighted by molar-refractivity contribution is 7.17. The monoisotopic (exact) mass is 312 g/mol. The van der Waals surface area contributed by atoms with Gasteiger partial charge in [0.1, 0.15) is 11.5 Å². The van der Waals surface area contributed by atoms with Crippen molar-refractivity contribution in [1.29, 1.82) is 0 Å². The first-order valence-electron chi connectivity index (χ1n) is 7.10. The van der Waals surface area contributed by atoms with E-state index in [9.17, 15) is 4.79 Å². The summed E-state index contributed by atoms with van der Waals surface area (Å²) in [5, 5.41) is 2.99. The second kappa shape index (κ2) is 6.20. The van der Waals surface area contributed by atoms with Crippen LogP contribution in [-0.4, -0.2) is 12.6 Å². The zero-order valence-electron chi connectivity index (χ0n) is 12.5. The summed E-state index contributed by atoms with van der Waals surface area (Å²) < 4.78 is 12.1. The van der Waals surface area contributed by atoms with Crippen molar-refractivity contribution >= 4 is 27.4 Å². The third-order valence-corrected chi connectivity index (χ3v) is 4.16. The fourth-order valence-corrected chi connectivity index (χ4v) is 3.03. The highest BCUT2D eigenvalue weighted by Crippen LogP contribution is 2.34. The molecule has 0 aliphatic carbocycles. The van der Waals surface area contributed by atoms with Crippen molar-refractivity contribution in [2.24, 2.45) is 0 Å². The smallest absolute Gasteiger partial charge is 0.338 e. The lowest BCUT2D eigenvalue weighted by molar-refractivity contribution is 0.0526. The number of hydrogen-bond acceptors (Lipinski definition) is 4.